The van der Waals surface area contributed by atoms with Crippen LogP contribution in [0.5, 0.6) is 0 Å². The molecule has 1 aromatic carbocycles. The number of aryl methyl sites for hydroxylation is 1. The molecule has 0 saturated carbocycles. The van der Waals surface area contributed by atoms with Crippen LogP contribution >= 0.6 is 0 Å². The lowest BCUT2D eigenvalue weighted by molar-refractivity contribution is 0.0697. The van der Waals surface area contributed by atoms with Crippen LogP contribution in [0.4, 0.5) is 0 Å². The first-order valence-corrected chi connectivity index (χ1v) is 3.91. The summed E-state index contributed by atoms with van der Waals surface area (Å²) in [5, 5.41) is 9.55. The van der Waals surface area contributed by atoms with Crippen molar-refractivity contribution < 1.29 is 14.3 Å². The average molecular weight is 176 g/mol. The molecule has 3 nitrogen and oxygen atoms in total. The first-order valence-electron chi connectivity index (χ1n) is 3.91. The zero-order valence-corrected chi connectivity index (χ0v) is 7.07. The molecule has 13 heavy (non-hydrogen) atoms. The highest BCUT2D eigenvalue weighted by atomic mass is 16.4. The van der Waals surface area contributed by atoms with Crippen molar-refractivity contribution >= 4 is 16.9 Å². The number of furan rings is 1. The van der Waals surface area contributed by atoms with E-state index in [0.29, 0.717) is 16.7 Å². The van der Waals surface area contributed by atoms with Gasteiger partial charge in [-0.2, -0.15) is 0 Å². The highest BCUT2D eigenvalue weighted by Crippen LogP contribution is 2.24. The van der Waals surface area contributed by atoms with Gasteiger partial charge < -0.3 is 9.52 Å². The summed E-state index contributed by atoms with van der Waals surface area (Å²) in [6.45, 7) is 1.66. The van der Waals surface area contributed by atoms with Crippen LogP contribution in [0, 0.1) is 6.92 Å². The van der Waals surface area contributed by atoms with Gasteiger partial charge in [-0.1, -0.05) is 18.2 Å². The minimum absolute atomic E-state index is 0.260. The van der Waals surface area contributed by atoms with Gasteiger partial charge in [0.05, 0.1) is 0 Å². The Morgan fingerprint density at radius 2 is 2.08 bits per heavy atom. The molecule has 0 unspecified atom stereocenters. The number of hydrogen-bond donors (Lipinski definition) is 1. The maximum absolute atomic E-state index is 10.8. The van der Waals surface area contributed by atoms with Gasteiger partial charge in [0.25, 0.3) is 0 Å². The van der Waals surface area contributed by atoms with Crippen LogP contribution in [0.2, 0.25) is 0 Å². The van der Waals surface area contributed by atoms with Crippen molar-refractivity contribution in [1.29, 1.82) is 0 Å². The molecule has 66 valence electrons. The van der Waals surface area contributed by atoms with Crippen molar-refractivity contribution in [1.82, 2.24) is 0 Å². The summed E-state index contributed by atoms with van der Waals surface area (Å²) in [7, 11) is 0. The van der Waals surface area contributed by atoms with Crippen LogP contribution < -0.4 is 0 Å². The van der Waals surface area contributed by atoms with E-state index in [-0.39, 0.29) is 5.56 Å². The Kier molecular flexibility index (Phi) is 1.59. The molecule has 0 bridgehead atoms. The summed E-state index contributed by atoms with van der Waals surface area (Å²) in [6, 6.07) is 7.12. The number of carbonyl (C=O) groups is 1. The summed E-state index contributed by atoms with van der Waals surface area (Å²) in [6.07, 6.45) is 0. The Bertz CT molecular complexity index is 468. The van der Waals surface area contributed by atoms with Crippen LogP contribution in [0.25, 0.3) is 11.0 Å². The van der Waals surface area contributed by atoms with Crippen LogP contribution in [0.1, 0.15) is 16.1 Å². The normalized spacial score (nSPS) is 10.5. The summed E-state index contributed by atoms with van der Waals surface area (Å²) < 4.78 is 5.28. The van der Waals surface area contributed by atoms with E-state index in [0.717, 1.165) is 0 Å². The van der Waals surface area contributed by atoms with E-state index >= 15 is 0 Å². The van der Waals surface area contributed by atoms with Crippen molar-refractivity contribution in [3.63, 3.8) is 0 Å². The fourth-order valence-electron chi connectivity index (χ4n) is 1.43. The van der Waals surface area contributed by atoms with Crippen LogP contribution in [-0.4, -0.2) is 11.1 Å². The maximum atomic E-state index is 10.8. The molecule has 0 saturated heterocycles. The Hall–Kier alpha value is -1.77. The molecule has 1 heterocycles. The molecule has 2 rings (SSSR count). The van der Waals surface area contributed by atoms with Gasteiger partial charge in [0.1, 0.15) is 16.9 Å². The molecule has 0 radical (unpaired) electrons. The van der Waals surface area contributed by atoms with E-state index in [4.69, 9.17) is 9.52 Å². The van der Waals surface area contributed by atoms with Crippen molar-refractivity contribution in [3.05, 3.63) is 35.6 Å². The standard InChI is InChI=1S/C10H8O3/c1-6-9(10(11)12)7-4-2-3-5-8(7)13-6/h2-5H,1H3,(H,11,12). The Morgan fingerprint density at radius 3 is 2.77 bits per heavy atom. The van der Waals surface area contributed by atoms with E-state index in [1.807, 2.05) is 6.07 Å². The molecular formula is C10H8O3. The number of aromatic carboxylic acids is 1. The second kappa shape index (κ2) is 2.62. The number of fused-ring (bicyclic) bond motifs is 1. The molecule has 0 aliphatic carbocycles. The van der Waals surface area contributed by atoms with Crippen molar-refractivity contribution in [2.75, 3.05) is 0 Å². The van der Waals surface area contributed by atoms with Gasteiger partial charge in [0.2, 0.25) is 0 Å². The largest absolute Gasteiger partial charge is 0.478 e. The van der Waals surface area contributed by atoms with Gasteiger partial charge in [0, 0.05) is 5.39 Å². The SMILES string of the molecule is Cc1oc2ccccc2c1C(=O)O. The van der Waals surface area contributed by atoms with Crippen molar-refractivity contribution in [2.45, 2.75) is 6.92 Å². The number of para-hydroxylation sites is 1. The molecule has 0 fully saturated rings. The second-order valence-electron chi connectivity index (χ2n) is 2.83. The molecule has 0 aliphatic rings. The minimum atomic E-state index is -0.942. The molecule has 0 amide bonds. The average Bonchev–Trinajstić information content (AvgIpc) is 2.39. The number of benzene rings is 1. The van der Waals surface area contributed by atoms with Gasteiger partial charge in [-0.25, -0.2) is 4.79 Å². The van der Waals surface area contributed by atoms with E-state index in [9.17, 15) is 4.79 Å². The lowest BCUT2D eigenvalue weighted by Crippen LogP contribution is -1.96. The number of carboxylic acids is 1. The molecule has 1 aromatic heterocycles. The zero-order chi connectivity index (χ0) is 9.42. The minimum Gasteiger partial charge on any atom is -0.478 e. The molecule has 1 N–H and O–H groups in total. The van der Waals surface area contributed by atoms with Crippen molar-refractivity contribution in [3.8, 4) is 0 Å². The third kappa shape index (κ3) is 1.09. The topological polar surface area (TPSA) is 50.4 Å². The summed E-state index contributed by atoms with van der Waals surface area (Å²) in [5.41, 5.74) is 0.882. The fraction of sp³-hybridized carbons (Fsp3) is 0.100. The van der Waals surface area contributed by atoms with Crippen LogP contribution in [-0.2, 0) is 0 Å². The van der Waals surface area contributed by atoms with Gasteiger partial charge >= 0.3 is 5.97 Å². The molecular weight excluding hydrogens is 168 g/mol. The Labute approximate surface area is 74.6 Å². The van der Waals surface area contributed by atoms with Crippen LogP contribution in [0.3, 0.4) is 0 Å². The van der Waals surface area contributed by atoms with E-state index in [2.05, 4.69) is 0 Å². The molecule has 3 heteroatoms. The van der Waals surface area contributed by atoms with E-state index in [1.165, 1.54) is 0 Å². The van der Waals surface area contributed by atoms with Crippen molar-refractivity contribution in [2.24, 2.45) is 0 Å². The number of carboxylic acid groups (broad SMARTS) is 1. The van der Waals surface area contributed by atoms with Gasteiger partial charge in [-0.15, -0.1) is 0 Å². The second-order valence-corrected chi connectivity index (χ2v) is 2.83. The zero-order valence-electron chi connectivity index (χ0n) is 7.07. The predicted molar refractivity (Wildman–Crippen MR) is 47.9 cm³/mol. The summed E-state index contributed by atoms with van der Waals surface area (Å²) in [4.78, 5) is 10.8. The third-order valence-electron chi connectivity index (χ3n) is 1.99. The summed E-state index contributed by atoms with van der Waals surface area (Å²) in [5.74, 6) is -0.490. The number of rotatable bonds is 1. The van der Waals surface area contributed by atoms with Crippen LogP contribution in [0.15, 0.2) is 28.7 Å². The lowest BCUT2D eigenvalue weighted by atomic mass is 10.1. The molecule has 0 spiro atoms. The van der Waals surface area contributed by atoms with Gasteiger partial charge in [0.15, 0.2) is 0 Å². The first-order chi connectivity index (χ1) is 6.20. The quantitative estimate of drug-likeness (QED) is 0.725. The smallest absolute Gasteiger partial charge is 0.339 e. The highest BCUT2D eigenvalue weighted by molar-refractivity contribution is 6.03. The first kappa shape index (κ1) is 7.86. The van der Waals surface area contributed by atoms with E-state index in [1.54, 1.807) is 25.1 Å². The van der Waals surface area contributed by atoms with Gasteiger partial charge in [-0.3, -0.25) is 0 Å². The Balaban J connectivity index is 2.86. The Morgan fingerprint density at radius 1 is 1.38 bits per heavy atom. The lowest BCUT2D eigenvalue weighted by Gasteiger charge is -1.89. The molecule has 0 atom stereocenters. The number of hydrogen-bond acceptors (Lipinski definition) is 2. The third-order valence-corrected chi connectivity index (χ3v) is 1.99. The highest BCUT2D eigenvalue weighted by Gasteiger charge is 2.15. The predicted octanol–water partition coefficient (Wildman–Crippen LogP) is 2.44. The van der Waals surface area contributed by atoms with Gasteiger partial charge in [-0.05, 0) is 13.0 Å². The summed E-state index contributed by atoms with van der Waals surface area (Å²) >= 11 is 0. The molecule has 0 aliphatic heterocycles. The monoisotopic (exact) mass is 176 g/mol. The van der Waals surface area contributed by atoms with E-state index < -0.39 is 5.97 Å². The fourth-order valence-corrected chi connectivity index (χ4v) is 1.43. The molecule has 2 aromatic rings. The maximum Gasteiger partial charge on any atom is 0.339 e.